The van der Waals surface area contributed by atoms with E-state index in [2.05, 4.69) is 9.97 Å². The van der Waals surface area contributed by atoms with Crippen molar-refractivity contribution in [2.75, 3.05) is 18.6 Å². The van der Waals surface area contributed by atoms with Crippen LogP contribution in [0.3, 0.4) is 0 Å². The van der Waals surface area contributed by atoms with E-state index in [1.54, 1.807) is 31.1 Å². The van der Waals surface area contributed by atoms with Gasteiger partial charge in [0.25, 0.3) is 5.91 Å². The molecule has 4 aromatic rings. The Kier molecular flexibility index (Phi) is 6.44. The lowest BCUT2D eigenvalue weighted by molar-refractivity contribution is -0.178. The molecule has 0 aliphatic carbocycles. The Morgan fingerprint density at radius 2 is 1.66 bits per heavy atom. The molecule has 3 aromatic carbocycles. The van der Waals surface area contributed by atoms with Crippen LogP contribution in [0.5, 0.6) is 11.8 Å². The first-order valence-electron chi connectivity index (χ1n) is 13.3. The summed E-state index contributed by atoms with van der Waals surface area (Å²) in [5.74, 6) is -0.269. The number of carbonyl (C=O) groups excluding carboxylic acids is 2. The van der Waals surface area contributed by atoms with Gasteiger partial charge in [-0.15, -0.1) is 0 Å². The smallest absolute Gasteiger partial charge is 0.317 e. The maximum absolute atomic E-state index is 14.5. The van der Waals surface area contributed by atoms with Crippen LogP contribution >= 0.6 is 0 Å². The van der Waals surface area contributed by atoms with Crippen LogP contribution in [0.15, 0.2) is 72.8 Å². The Balaban J connectivity index is 1.53. The Bertz CT molecular complexity index is 1650. The average Bonchev–Trinajstić information content (AvgIpc) is 3.05. The van der Waals surface area contributed by atoms with Gasteiger partial charge in [-0.3, -0.25) is 9.59 Å². The molecule has 0 spiro atoms. The number of fused-ring (bicyclic) bond motifs is 3. The Morgan fingerprint density at radius 1 is 0.951 bits per heavy atom. The van der Waals surface area contributed by atoms with E-state index >= 15 is 0 Å². The molecule has 0 bridgehead atoms. The molecule has 2 aliphatic rings. The van der Waals surface area contributed by atoms with Gasteiger partial charge >= 0.3 is 6.01 Å². The van der Waals surface area contributed by atoms with E-state index in [-0.39, 0.29) is 36.7 Å². The van der Waals surface area contributed by atoms with Crippen molar-refractivity contribution in [3.05, 3.63) is 112 Å². The Labute approximate surface area is 237 Å². The fourth-order valence-electron chi connectivity index (χ4n) is 5.86. The van der Waals surface area contributed by atoms with Crippen molar-refractivity contribution in [1.82, 2.24) is 14.9 Å². The van der Waals surface area contributed by atoms with Crippen LogP contribution in [0.2, 0.25) is 0 Å². The summed E-state index contributed by atoms with van der Waals surface area (Å²) < 4.78 is 26.1. The molecule has 3 heterocycles. The van der Waals surface area contributed by atoms with E-state index in [4.69, 9.17) is 9.47 Å². The second-order valence-corrected chi connectivity index (χ2v) is 10.4. The second kappa shape index (κ2) is 9.99. The largest absolute Gasteiger partial charge is 0.497 e. The number of amides is 2. The number of para-hydroxylation sites is 1. The number of benzene rings is 3. The third-order valence-electron chi connectivity index (χ3n) is 7.78. The summed E-state index contributed by atoms with van der Waals surface area (Å²) in [5, 5.41) is 0. The Morgan fingerprint density at radius 3 is 2.34 bits per heavy atom. The van der Waals surface area contributed by atoms with E-state index in [0.29, 0.717) is 39.5 Å². The summed E-state index contributed by atoms with van der Waals surface area (Å²) in [6.45, 7) is 5.42. The normalized spacial score (nSPS) is 19.7. The van der Waals surface area contributed by atoms with Crippen molar-refractivity contribution in [1.29, 1.82) is 0 Å². The van der Waals surface area contributed by atoms with E-state index in [0.717, 1.165) is 5.56 Å². The van der Waals surface area contributed by atoms with Gasteiger partial charge in [0.1, 0.15) is 23.7 Å². The lowest BCUT2D eigenvalue weighted by atomic mass is 9.69. The highest BCUT2D eigenvalue weighted by atomic mass is 19.1. The van der Waals surface area contributed by atoms with Crippen molar-refractivity contribution in [3.8, 4) is 11.8 Å². The lowest BCUT2D eigenvalue weighted by Gasteiger charge is -2.55. The zero-order chi connectivity index (χ0) is 28.9. The number of anilines is 1. The summed E-state index contributed by atoms with van der Waals surface area (Å²) in [4.78, 5) is 39.7. The van der Waals surface area contributed by atoms with Gasteiger partial charge in [0.05, 0.1) is 19.3 Å². The highest BCUT2D eigenvalue weighted by molar-refractivity contribution is 6.04. The number of β-lactam (4-membered cyclic amide) rings is 1. The number of hydrogen-bond acceptors (Lipinski definition) is 6. The number of carbonyl (C=O) groups is 2. The fraction of sp³-hybridized carbons (Fsp3) is 0.250. The number of nitrogens with zero attached hydrogens (tertiary/aromatic N) is 4. The summed E-state index contributed by atoms with van der Waals surface area (Å²) in [6.07, 6.45) is -1.08. The molecular weight excluding hydrogens is 523 g/mol. The van der Waals surface area contributed by atoms with Gasteiger partial charge in [0.2, 0.25) is 12.0 Å². The van der Waals surface area contributed by atoms with Crippen molar-refractivity contribution in [3.63, 3.8) is 0 Å². The first-order chi connectivity index (χ1) is 19.7. The molecule has 1 aromatic heterocycles. The maximum atomic E-state index is 14.5. The summed E-state index contributed by atoms with van der Waals surface area (Å²) in [6, 6.07) is 21.6. The summed E-state index contributed by atoms with van der Waals surface area (Å²) in [5.41, 5.74) is 3.46. The number of aromatic nitrogens is 2. The van der Waals surface area contributed by atoms with Crippen LogP contribution in [0.25, 0.3) is 0 Å². The zero-order valence-corrected chi connectivity index (χ0v) is 23.2. The van der Waals surface area contributed by atoms with Crippen LogP contribution in [-0.2, 0) is 21.7 Å². The van der Waals surface area contributed by atoms with E-state index in [1.165, 1.54) is 11.0 Å². The summed E-state index contributed by atoms with van der Waals surface area (Å²) >= 11 is 0. The fourth-order valence-corrected chi connectivity index (χ4v) is 5.86. The monoisotopic (exact) mass is 552 g/mol. The number of ether oxygens (including phenoxy) is 2. The SMILES string of the molecule is COc1ccc(CN2C(=O)CN3C(=O)[C@@H](Oc4nc(C)cc(C)n4)[C@]3(c3ccc(F)c(C)c3)c3ccccc32)cc1. The van der Waals surface area contributed by atoms with Gasteiger partial charge in [-0.1, -0.05) is 42.5 Å². The molecule has 2 amide bonds. The average molecular weight is 553 g/mol. The van der Waals surface area contributed by atoms with Crippen LogP contribution < -0.4 is 14.4 Å². The van der Waals surface area contributed by atoms with Crippen molar-refractivity contribution >= 4 is 17.5 Å². The minimum absolute atomic E-state index is 0.0712. The lowest BCUT2D eigenvalue weighted by Crippen LogP contribution is -2.74. The number of methoxy groups -OCH3 is 1. The van der Waals surface area contributed by atoms with E-state index in [1.807, 2.05) is 68.4 Å². The Hall–Kier alpha value is -4.79. The van der Waals surface area contributed by atoms with Gasteiger partial charge in [-0.2, -0.15) is 0 Å². The van der Waals surface area contributed by atoms with Crippen LogP contribution in [0.4, 0.5) is 10.1 Å². The second-order valence-electron chi connectivity index (χ2n) is 10.4. The standard InChI is InChI=1S/C32H29FN4O4/c1-19-15-23(11-14-26(19)33)32-25-7-5-6-8-27(25)36(17-22-9-12-24(40-4)13-10-22)28(38)18-37(32)30(39)29(32)41-31-34-20(2)16-21(3)35-31/h5-16,29H,17-18H2,1-4H3/t29-,32+/m1/s1. The number of aryl methyl sites for hydroxylation is 3. The molecule has 8 nitrogen and oxygen atoms in total. The molecule has 208 valence electrons. The van der Waals surface area contributed by atoms with Gasteiger partial charge in [-0.05, 0) is 67.8 Å². The topological polar surface area (TPSA) is 84.9 Å². The quantitative estimate of drug-likeness (QED) is 0.325. The van der Waals surface area contributed by atoms with Crippen LogP contribution in [0.1, 0.15) is 33.6 Å². The van der Waals surface area contributed by atoms with Gasteiger partial charge < -0.3 is 19.3 Å². The number of rotatable bonds is 6. The minimum atomic E-state index is -1.22. The van der Waals surface area contributed by atoms with Crippen molar-refractivity contribution in [2.45, 2.75) is 39.0 Å². The van der Waals surface area contributed by atoms with Crippen LogP contribution in [-0.4, -0.2) is 46.4 Å². The first kappa shape index (κ1) is 26.4. The molecule has 41 heavy (non-hydrogen) atoms. The number of hydrogen-bond donors (Lipinski definition) is 0. The maximum Gasteiger partial charge on any atom is 0.317 e. The first-order valence-corrected chi connectivity index (χ1v) is 13.3. The van der Waals surface area contributed by atoms with Crippen molar-refractivity contribution in [2.24, 2.45) is 0 Å². The molecule has 2 aliphatic heterocycles. The predicted octanol–water partition coefficient (Wildman–Crippen LogP) is 4.63. The predicted molar refractivity (Wildman–Crippen MR) is 150 cm³/mol. The molecule has 0 unspecified atom stereocenters. The third-order valence-corrected chi connectivity index (χ3v) is 7.78. The molecule has 9 heteroatoms. The molecule has 2 atom stereocenters. The van der Waals surface area contributed by atoms with Gasteiger partial charge in [-0.25, -0.2) is 14.4 Å². The van der Waals surface area contributed by atoms with Crippen molar-refractivity contribution < 1.29 is 23.5 Å². The molecule has 0 N–H and O–H groups in total. The molecular formula is C32H29FN4O4. The summed E-state index contributed by atoms with van der Waals surface area (Å²) in [7, 11) is 1.60. The van der Waals surface area contributed by atoms with Gasteiger partial charge in [0, 0.05) is 17.0 Å². The molecule has 0 radical (unpaired) electrons. The molecule has 6 rings (SSSR count). The highest BCUT2D eigenvalue weighted by Gasteiger charge is 2.67. The molecule has 1 saturated heterocycles. The van der Waals surface area contributed by atoms with Crippen LogP contribution in [0, 0.1) is 26.6 Å². The third kappa shape index (κ3) is 4.28. The van der Waals surface area contributed by atoms with Gasteiger partial charge in [0.15, 0.2) is 0 Å². The molecule has 1 fully saturated rings. The highest BCUT2D eigenvalue weighted by Crippen LogP contribution is 2.53. The molecule has 0 saturated carbocycles. The number of halogens is 1. The van der Waals surface area contributed by atoms with E-state index in [9.17, 15) is 14.0 Å². The van der Waals surface area contributed by atoms with E-state index < -0.39 is 11.6 Å². The minimum Gasteiger partial charge on any atom is -0.497 e. The zero-order valence-electron chi connectivity index (χ0n) is 23.2.